The van der Waals surface area contributed by atoms with E-state index in [-0.39, 0.29) is 24.0 Å². The van der Waals surface area contributed by atoms with Crippen LogP contribution in [0.5, 0.6) is 0 Å². The molecule has 0 aliphatic rings. The number of aliphatic hydroxyl groups is 1. The third-order valence-corrected chi connectivity index (χ3v) is 4.44. The maximum atomic E-state index is 13.4. The van der Waals surface area contributed by atoms with E-state index in [1.54, 1.807) is 36.4 Å². The monoisotopic (exact) mass is 373 g/mol. The van der Waals surface area contributed by atoms with E-state index in [4.69, 9.17) is 23.2 Å². The van der Waals surface area contributed by atoms with Crippen LogP contribution in [-0.2, 0) is 4.79 Å². The summed E-state index contributed by atoms with van der Waals surface area (Å²) >= 11 is 12.8. The van der Waals surface area contributed by atoms with E-state index >= 15 is 0 Å². The van der Waals surface area contributed by atoms with Crippen LogP contribution in [-0.4, -0.2) is 23.3 Å². The lowest BCUT2D eigenvalue weighted by Gasteiger charge is -2.13. The van der Waals surface area contributed by atoms with Gasteiger partial charge in [0.1, 0.15) is 5.82 Å². The van der Waals surface area contributed by atoms with Gasteiger partial charge in [0.25, 0.3) is 0 Å². The van der Waals surface area contributed by atoms with Crippen molar-refractivity contribution in [2.75, 3.05) is 12.3 Å². The van der Waals surface area contributed by atoms with E-state index in [2.05, 4.69) is 5.32 Å². The van der Waals surface area contributed by atoms with Crippen molar-refractivity contribution in [3.05, 3.63) is 63.9 Å². The van der Waals surface area contributed by atoms with Gasteiger partial charge < -0.3 is 10.4 Å². The first-order valence-corrected chi connectivity index (χ1v) is 8.48. The number of rotatable bonds is 6. The summed E-state index contributed by atoms with van der Waals surface area (Å²) in [6.45, 7) is 0.0212. The molecule has 0 fully saturated rings. The first-order chi connectivity index (χ1) is 11.0. The molecule has 7 heteroatoms. The summed E-state index contributed by atoms with van der Waals surface area (Å²) in [4.78, 5) is 12.2. The normalized spacial score (nSPS) is 12.0. The van der Waals surface area contributed by atoms with E-state index in [1.165, 1.54) is 6.07 Å². The Labute approximate surface area is 147 Å². The van der Waals surface area contributed by atoms with Crippen LogP contribution in [0.25, 0.3) is 0 Å². The lowest BCUT2D eigenvalue weighted by atomic mass is 10.1. The zero-order chi connectivity index (χ0) is 16.8. The molecule has 23 heavy (non-hydrogen) atoms. The molecule has 2 aromatic carbocycles. The predicted molar refractivity (Wildman–Crippen MR) is 91.6 cm³/mol. The van der Waals surface area contributed by atoms with Crippen LogP contribution in [0.1, 0.15) is 11.7 Å². The molecule has 122 valence electrons. The summed E-state index contributed by atoms with van der Waals surface area (Å²) in [6.07, 6.45) is -0.923. The van der Waals surface area contributed by atoms with Gasteiger partial charge in [0.2, 0.25) is 5.91 Å². The number of amides is 1. The Kier molecular flexibility index (Phi) is 6.72. The molecule has 1 atom stereocenters. The van der Waals surface area contributed by atoms with Crippen molar-refractivity contribution >= 4 is 40.9 Å². The fourth-order valence-electron chi connectivity index (χ4n) is 1.85. The first kappa shape index (κ1) is 18.1. The van der Waals surface area contributed by atoms with Crippen LogP contribution in [0, 0.1) is 5.82 Å². The predicted octanol–water partition coefficient (Wildman–Crippen LogP) is 4.07. The first-order valence-electron chi connectivity index (χ1n) is 6.74. The second-order valence-corrected chi connectivity index (χ2v) is 6.63. The SMILES string of the molecule is O=C(CSc1ccccc1F)NCC(O)c1cc(Cl)cc(Cl)c1. The van der Waals surface area contributed by atoms with Crippen molar-refractivity contribution in [2.24, 2.45) is 0 Å². The lowest BCUT2D eigenvalue weighted by molar-refractivity contribution is -0.119. The molecule has 0 heterocycles. The second-order valence-electron chi connectivity index (χ2n) is 4.74. The molecule has 1 amide bonds. The largest absolute Gasteiger partial charge is 0.387 e. The minimum Gasteiger partial charge on any atom is -0.387 e. The fraction of sp³-hybridized carbons (Fsp3) is 0.188. The molecule has 3 nitrogen and oxygen atoms in total. The molecule has 0 aliphatic carbocycles. The molecule has 2 N–H and O–H groups in total. The number of carbonyl (C=O) groups excluding carboxylic acids is 1. The van der Waals surface area contributed by atoms with Crippen LogP contribution in [0.2, 0.25) is 10.0 Å². The Hall–Kier alpha value is -1.27. The van der Waals surface area contributed by atoms with Crippen molar-refractivity contribution in [3.63, 3.8) is 0 Å². The number of halogens is 3. The summed E-state index contributed by atoms with van der Waals surface area (Å²) < 4.78 is 13.4. The summed E-state index contributed by atoms with van der Waals surface area (Å²) in [7, 11) is 0. The average Bonchev–Trinajstić information content (AvgIpc) is 2.51. The molecule has 0 aliphatic heterocycles. The molecule has 0 saturated carbocycles. The Morgan fingerprint density at radius 1 is 1.22 bits per heavy atom. The van der Waals surface area contributed by atoms with E-state index in [1.807, 2.05) is 0 Å². The third kappa shape index (κ3) is 5.70. The van der Waals surface area contributed by atoms with Gasteiger partial charge in [0.15, 0.2) is 0 Å². The van der Waals surface area contributed by atoms with Crippen LogP contribution in [0.3, 0.4) is 0 Å². The molecule has 2 aromatic rings. The molecular weight excluding hydrogens is 360 g/mol. The lowest BCUT2D eigenvalue weighted by Crippen LogP contribution is -2.29. The Balaban J connectivity index is 1.83. The molecule has 0 bridgehead atoms. The number of aliphatic hydroxyl groups excluding tert-OH is 1. The van der Waals surface area contributed by atoms with E-state index in [0.717, 1.165) is 11.8 Å². The Bertz CT molecular complexity index is 679. The third-order valence-electron chi connectivity index (χ3n) is 2.96. The van der Waals surface area contributed by atoms with Gasteiger partial charge in [-0.05, 0) is 35.9 Å². The summed E-state index contributed by atoms with van der Waals surface area (Å²) in [5.41, 5.74) is 0.518. The van der Waals surface area contributed by atoms with Gasteiger partial charge in [-0.25, -0.2) is 4.39 Å². The van der Waals surface area contributed by atoms with Crippen molar-refractivity contribution in [1.29, 1.82) is 0 Å². The highest BCUT2D eigenvalue weighted by Crippen LogP contribution is 2.23. The number of nitrogens with one attached hydrogen (secondary N) is 1. The molecule has 2 rings (SSSR count). The maximum Gasteiger partial charge on any atom is 0.230 e. The van der Waals surface area contributed by atoms with Gasteiger partial charge in [-0.1, -0.05) is 35.3 Å². The van der Waals surface area contributed by atoms with Gasteiger partial charge >= 0.3 is 0 Å². The van der Waals surface area contributed by atoms with Crippen LogP contribution < -0.4 is 5.32 Å². The standard InChI is InChI=1S/C16H14Cl2FNO2S/c17-11-5-10(6-12(18)7-11)14(21)8-20-16(22)9-23-15-4-2-1-3-13(15)19/h1-7,14,21H,8-9H2,(H,20,22). The fourth-order valence-corrected chi connectivity index (χ4v) is 3.16. The number of carbonyl (C=O) groups is 1. The zero-order valence-electron chi connectivity index (χ0n) is 11.9. The average molecular weight is 374 g/mol. The van der Waals surface area contributed by atoms with Gasteiger partial charge in [0, 0.05) is 21.5 Å². The van der Waals surface area contributed by atoms with Crippen LogP contribution in [0.15, 0.2) is 47.4 Å². The van der Waals surface area contributed by atoms with Gasteiger partial charge in [0.05, 0.1) is 11.9 Å². The summed E-state index contributed by atoms with van der Waals surface area (Å²) in [5.74, 6) is -0.603. The number of benzene rings is 2. The van der Waals surface area contributed by atoms with Gasteiger partial charge in [-0.3, -0.25) is 4.79 Å². The number of thioether (sulfide) groups is 1. The highest BCUT2D eigenvalue weighted by Gasteiger charge is 2.12. The minimum absolute atomic E-state index is 0.0212. The van der Waals surface area contributed by atoms with Crippen molar-refractivity contribution in [2.45, 2.75) is 11.0 Å². The molecule has 0 spiro atoms. The number of hydrogen-bond acceptors (Lipinski definition) is 3. The van der Waals surface area contributed by atoms with Crippen LogP contribution in [0.4, 0.5) is 4.39 Å². The Morgan fingerprint density at radius 3 is 2.52 bits per heavy atom. The van der Waals surface area contributed by atoms with Crippen molar-refractivity contribution < 1.29 is 14.3 Å². The minimum atomic E-state index is -0.923. The zero-order valence-corrected chi connectivity index (χ0v) is 14.3. The molecule has 0 radical (unpaired) electrons. The quantitative estimate of drug-likeness (QED) is 0.750. The maximum absolute atomic E-state index is 13.4. The van der Waals surface area contributed by atoms with Gasteiger partial charge in [-0.2, -0.15) is 0 Å². The highest BCUT2D eigenvalue weighted by molar-refractivity contribution is 8.00. The second kappa shape index (κ2) is 8.55. The molecule has 1 unspecified atom stereocenters. The molecule has 0 saturated heterocycles. The van der Waals surface area contributed by atoms with Crippen LogP contribution >= 0.6 is 35.0 Å². The number of hydrogen-bond donors (Lipinski definition) is 2. The summed E-state index contributed by atoms with van der Waals surface area (Å²) in [6, 6.07) is 11.0. The smallest absolute Gasteiger partial charge is 0.230 e. The van der Waals surface area contributed by atoms with Crippen molar-refractivity contribution in [3.8, 4) is 0 Å². The molecular formula is C16H14Cl2FNO2S. The van der Waals surface area contributed by atoms with Crippen molar-refractivity contribution in [1.82, 2.24) is 5.32 Å². The van der Waals surface area contributed by atoms with E-state index < -0.39 is 6.10 Å². The Morgan fingerprint density at radius 2 is 1.87 bits per heavy atom. The van der Waals surface area contributed by atoms with Gasteiger partial charge in [-0.15, -0.1) is 11.8 Å². The highest BCUT2D eigenvalue weighted by atomic mass is 35.5. The van der Waals surface area contributed by atoms with E-state index in [0.29, 0.717) is 20.5 Å². The topological polar surface area (TPSA) is 49.3 Å². The molecule has 0 aromatic heterocycles. The van der Waals surface area contributed by atoms with E-state index in [9.17, 15) is 14.3 Å². The summed E-state index contributed by atoms with van der Waals surface area (Å²) in [5, 5.41) is 13.5.